The molecular weight excluding hydrogens is 290 g/mol. The first-order valence-electron chi connectivity index (χ1n) is 6.67. The van der Waals surface area contributed by atoms with E-state index < -0.39 is 0 Å². The molecule has 0 heterocycles. The molecule has 0 radical (unpaired) electrons. The van der Waals surface area contributed by atoms with Gasteiger partial charge in [0.05, 0.1) is 0 Å². The Kier molecular flexibility index (Phi) is 6.72. The first kappa shape index (κ1) is 15.5. The summed E-state index contributed by atoms with van der Waals surface area (Å²) in [6, 6.07) is 4.73. The van der Waals surface area contributed by atoms with E-state index in [-0.39, 0.29) is 0 Å². The van der Waals surface area contributed by atoms with Crippen LogP contribution in [0.3, 0.4) is 0 Å². The summed E-state index contributed by atoms with van der Waals surface area (Å²) in [5.41, 5.74) is 2.44. The fourth-order valence-electron chi connectivity index (χ4n) is 2.00. The maximum Gasteiger partial charge on any atom is 0.119 e. The van der Waals surface area contributed by atoms with Gasteiger partial charge in [-0.15, -0.1) is 0 Å². The summed E-state index contributed by atoms with van der Waals surface area (Å²) < 4.78 is 6.94. The average molecular weight is 314 g/mol. The summed E-state index contributed by atoms with van der Waals surface area (Å²) in [5.74, 6) is 0.957. The van der Waals surface area contributed by atoms with Gasteiger partial charge >= 0.3 is 0 Å². The smallest absolute Gasteiger partial charge is 0.119 e. The van der Waals surface area contributed by atoms with Crippen LogP contribution < -0.4 is 10.1 Å². The fraction of sp³-hybridized carbons (Fsp3) is 0.600. The molecule has 0 aromatic heterocycles. The topological polar surface area (TPSA) is 21.3 Å². The molecule has 1 unspecified atom stereocenters. The molecule has 1 rings (SSSR count). The zero-order valence-corrected chi connectivity index (χ0v) is 13.4. The van der Waals surface area contributed by atoms with Crippen molar-refractivity contribution in [2.24, 2.45) is 0 Å². The number of rotatable bonds is 7. The Bertz CT molecular complexity index is 356. The van der Waals surface area contributed by atoms with Crippen LogP contribution in [0.4, 0.5) is 0 Å². The maximum atomic E-state index is 5.77. The molecule has 0 fully saturated rings. The van der Waals surface area contributed by atoms with Crippen LogP contribution in [0.15, 0.2) is 16.6 Å². The van der Waals surface area contributed by atoms with E-state index in [0.29, 0.717) is 12.6 Å². The van der Waals surface area contributed by atoms with Gasteiger partial charge in [0, 0.05) is 17.1 Å². The van der Waals surface area contributed by atoms with E-state index in [1.807, 2.05) is 0 Å². The van der Waals surface area contributed by atoms with Crippen molar-refractivity contribution < 1.29 is 4.74 Å². The maximum absolute atomic E-state index is 5.77. The van der Waals surface area contributed by atoms with E-state index in [4.69, 9.17) is 4.74 Å². The van der Waals surface area contributed by atoms with Crippen LogP contribution in [0.1, 0.15) is 37.8 Å². The summed E-state index contributed by atoms with van der Waals surface area (Å²) in [7, 11) is 0. The molecule has 0 aliphatic carbocycles. The highest BCUT2D eigenvalue weighted by atomic mass is 79.9. The predicted molar refractivity (Wildman–Crippen MR) is 81.5 cm³/mol. The number of aryl methyl sites for hydroxylation is 2. The Morgan fingerprint density at radius 1 is 1.28 bits per heavy atom. The minimum absolute atomic E-state index is 0.576. The SMILES string of the molecule is CCCC(C)NCCOc1cc(C)c(Br)c(C)c1. The Morgan fingerprint density at radius 2 is 1.89 bits per heavy atom. The second kappa shape index (κ2) is 7.80. The molecule has 0 bridgehead atoms. The van der Waals surface area contributed by atoms with Crippen molar-refractivity contribution in [2.45, 2.75) is 46.6 Å². The summed E-state index contributed by atoms with van der Waals surface area (Å²) in [4.78, 5) is 0. The minimum Gasteiger partial charge on any atom is -0.492 e. The van der Waals surface area contributed by atoms with E-state index in [1.54, 1.807) is 0 Å². The Hall–Kier alpha value is -0.540. The van der Waals surface area contributed by atoms with Crippen molar-refractivity contribution in [2.75, 3.05) is 13.2 Å². The zero-order chi connectivity index (χ0) is 13.5. The Morgan fingerprint density at radius 3 is 2.44 bits per heavy atom. The molecule has 0 saturated heterocycles. The highest BCUT2D eigenvalue weighted by Gasteiger charge is 2.03. The van der Waals surface area contributed by atoms with Crippen LogP contribution in [0.5, 0.6) is 5.75 Å². The summed E-state index contributed by atoms with van der Waals surface area (Å²) in [5, 5.41) is 3.46. The normalized spacial score (nSPS) is 12.5. The molecule has 1 aromatic rings. The Labute approximate surface area is 119 Å². The lowest BCUT2D eigenvalue weighted by Crippen LogP contribution is -2.29. The van der Waals surface area contributed by atoms with Crippen molar-refractivity contribution >= 4 is 15.9 Å². The first-order chi connectivity index (χ1) is 8.54. The lowest BCUT2D eigenvalue weighted by molar-refractivity contribution is 0.304. The molecule has 1 aromatic carbocycles. The van der Waals surface area contributed by atoms with Gasteiger partial charge in [0.25, 0.3) is 0 Å². The lowest BCUT2D eigenvalue weighted by Gasteiger charge is -2.14. The first-order valence-corrected chi connectivity index (χ1v) is 7.46. The molecule has 3 heteroatoms. The molecule has 0 aliphatic rings. The van der Waals surface area contributed by atoms with E-state index in [2.05, 4.69) is 61.1 Å². The number of hydrogen-bond donors (Lipinski definition) is 1. The van der Waals surface area contributed by atoms with Crippen molar-refractivity contribution in [3.8, 4) is 5.75 Å². The van der Waals surface area contributed by atoms with Gasteiger partial charge in [-0.25, -0.2) is 0 Å². The highest BCUT2D eigenvalue weighted by Crippen LogP contribution is 2.26. The molecule has 1 atom stereocenters. The van der Waals surface area contributed by atoms with Crippen molar-refractivity contribution in [3.05, 3.63) is 27.7 Å². The summed E-state index contributed by atoms with van der Waals surface area (Å²) in [6.07, 6.45) is 2.44. The minimum atomic E-state index is 0.576. The second-order valence-electron chi connectivity index (χ2n) is 4.86. The fourth-order valence-corrected chi connectivity index (χ4v) is 2.23. The van der Waals surface area contributed by atoms with Gasteiger partial charge < -0.3 is 10.1 Å². The Balaban J connectivity index is 2.36. The lowest BCUT2D eigenvalue weighted by atomic mass is 10.1. The number of hydrogen-bond acceptors (Lipinski definition) is 2. The molecule has 102 valence electrons. The van der Waals surface area contributed by atoms with Gasteiger partial charge in [0.15, 0.2) is 0 Å². The highest BCUT2D eigenvalue weighted by molar-refractivity contribution is 9.10. The van der Waals surface area contributed by atoms with Crippen molar-refractivity contribution in [1.29, 1.82) is 0 Å². The van der Waals surface area contributed by atoms with Crippen molar-refractivity contribution in [3.63, 3.8) is 0 Å². The van der Waals surface area contributed by atoms with Gasteiger partial charge in [0.1, 0.15) is 12.4 Å². The standard InChI is InChI=1S/C15H24BrNO/c1-5-6-13(4)17-7-8-18-14-9-11(2)15(16)12(3)10-14/h9-10,13,17H,5-8H2,1-4H3. The summed E-state index contributed by atoms with van der Waals surface area (Å²) in [6.45, 7) is 10.2. The second-order valence-corrected chi connectivity index (χ2v) is 5.66. The third-order valence-corrected chi connectivity index (χ3v) is 4.25. The number of halogens is 1. The molecular formula is C15H24BrNO. The summed E-state index contributed by atoms with van der Waals surface area (Å²) >= 11 is 3.56. The van der Waals surface area contributed by atoms with E-state index in [9.17, 15) is 0 Å². The largest absolute Gasteiger partial charge is 0.492 e. The average Bonchev–Trinajstić information content (AvgIpc) is 2.32. The van der Waals surface area contributed by atoms with E-state index in [1.165, 1.54) is 28.4 Å². The van der Waals surface area contributed by atoms with Gasteiger partial charge in [-0.05, 0) is 50.5 Å². The van der Waals surface area contributed by atoms with E-state index in [0.717, 1.165) is 12.3 Å². The third-order valence-electron chi connectivity index (χ3n) is 3.00. The molecule has 1 N–H and O–H groups in total. The van der Waals surface area contributed by atoms with Gasteiger partial charge in [-0.1, -0.05) is 29.3 Å². The molecule has 2 nitrogen and oxygen atoms in total. The zero-order valence-electron chi connectivity index (χ0n) is 11.8. The molecule has 0 amide bonds. The quantitative estimate of drug-likeness (QED) is 0.761. The number of ether oxygens (including phenoxy) is 1. The van der Waals surface area contributed by atoms with Crippen LogP contribution in [0.25, 0.3) is 0 Å². The third kappa shape index (κ3) is 4.99. The molecule has 0 spiro atoms. The number of nitrogens with one attached hydrogen (secondary N) is 1. The van der Waals surface area contributed by atoms with Crippen LogP contribution >= 0.6 is 15.9 Å². The van der Waals surface area contributed by atoms with Crippen LogP contribution in [-0.4, -0.2) is 19.2 Å². The molecule has 18 heavy (non-hydrogen) atoms. The number of benzene rings is 1. The van der Waals surface area contributed by atoms with E-state index >= 15 is 0 Å². The monoisotopic (exact) mass is 313 g/mol. The van der Waals surface area contributed by atoms with Crippen molar-refractivity contribution in [1.82, 2.24) is 5.32 Å². The van der Waals surface area contributed by atoms with Crippen LogP contribution in [-0.2, 0) is 0 Å². The molecule has 0 saturated carbocycles. The molecule has 0 aliphatic heterocycles. The van der Waals surface area contributed by atoms with Crippen LogP contribution in [0, 0.1) is 13.8 Å². The predicted octanol–water partition coefficient (Wildman–Crippen LogP) is 4.22. The van der Waals surface area contributed by atoms with Gasteiger partial charge in [-0.3, -0.25) is 0 Å². The van der Waals surface area contributed by atoms with Crippen LogP contribution in [0.2, 0.25) is 0 Å². The van der Waals surface area contributed by atoms with Gasteiger partial charge in [-0.2, -0.15) is 0 Å². The van der Waals surface area contributed by atoms with Gasteiger partial charge in [0.2, 0.25) is 0 Å².